The van der Waals surface area contributed by atoms with Crippen molar-refractivity contribution >= 4 is 15.8 Å². The second kappa shape index (κ2) is 10.6. The number of benzene rings is 2. The number of nitrogens with one attached hydrogen (secondary N) is 2. The zero-order valence-corrected chi connectivity index (χ0v) is 17.3. The second-order valence-corrected chi connectivity index (χ2v) is 8.11. The summed E-state index contributed by atoms with van der Waals surface area (Å²) in [4.78, 5) is 4.45. The molecule has 0 aliphatic carbocycles. The predicted molar refractivity (Wildman–Crippen MR) is 111 cm³/mol. The summed E-state index contributed by atoms with van der Waals surface area (Å²) in [5.74, 6) is 1.93. The molecule has 0 radical (unpaired) electrons. The number of guanidine groups is 1. The minimum atomic E-state index is -3.31. The van der Waals surface area contributed by atoms with Crippen molar-refractivity contribution < 1.29 is 17.9 Å². The molecule has 2 rings (SSSR count). The van der Waals surface area contributed by atoms with Crippen LogP contribution in [0.4, 0.5) is 0 Å². The third-order valence-corrected chi connectivity index (χ3v) is 5.88. The van der Waals surface area contributed by atoms with Crippen molar-refractivity contribution in [3.63, 3.8) is 0 Å². The highest BCUT2D eigenvalue weighted by atomic mass is 32.2. The Morgan fingerprint density at radius 2 is 1.64 bits per heavy atom. The number of ether oxygens (including phenoxy) is 2. The molecule has 0 aromatic heterocycles. The maximum Gasteiger partial charge on any atom is 0.191 e. The molecule has 0 saturated heterocycles. The van der Waals surface area contributed by atoms with Gasteiger partial charge in [-0.3, -0.25) is 4.99 Å². The fraction of sp³-hybridized carbons (Fsp3) is 0.350. The molecule has 28 heavy (non-hydrogen) atoms. The summed E-state index contributed by atoms with van der Waals surface area (Å²) in [7, 11) is 1.55. The van der Waals surface area contributed by atoms with Gasteiger partial charge in [-0.15, -0.1) is 0 Å². The zero-order valence-electron chi connectivity index (χ0n) is 16.4. The molecule has 0 unspecified atom stereocenters. The predicted octanol–water partition coefficient (Wildman–Crippen LogP) is 1.89. The summed E-state index contributed by atoms with van der Waals surface area (Å²) in [6.07, 6.45) is 0.753. The minimum absolute atomic E-state index is 0.00656. The molecule has 8 heteroatoms. The molecule has 0 amide bonds. The van der Waals surface area contributed by atoms with Crippen molar-refractivity contribution in [2.75, 3.05) is 40.1 Å². The van der Waals surface area contributed by atoms with Gasteiger partial charge in [0.1, 0.15) is 0 Å². The quantitative estimate of drug-likeness (QED) is 0.489. The first-order valence-corrected chi connectivity index (χ1v) is 10.6. The Balaban J connectivity index is 1.80. The number of methoxy groups -OCH3 is 2. The van der Waals surface area contributed by atoms with Gasteiger partial charge in [-0.1, -0.05) is 24.3 Å². The van der Waals surface area contributed by atoms with Crippen LogP contribution in [-0.4, -0.2) is 54.5 Å². The topological polar surface area (TPSA) is 89.0 Å². The lowest BCUT2D eigenvalue weighted by atomic mass is 10.1. The van der Waals surface area contributed by atoms with E-state index in [1.165, 1.54) is 0 Å². The summed E-state index contributed by atoms with van der Waals surface area (Å²) < 4.78 is 35.1. The van der Waals surface area contributed by atoms with Gasteiger partial charge in [0.05, 0.1) is 24.9 Å². The van der Waals surface area contributed by atoms with E-state index >= 15 is 0 Å². The van der Waals surface area contributed by atoms with Crippen LogP contribution < -0.4 is 20.1 Å². The van der Waals surface area contributed by atoms with Crippen LogP contribution in [0.3, 0.4) is 0 Å². The SMILES string of the molecule is CN=C(NCCc1ccc(OC)c(OC)c1)NCCS(=O)(=O)c1ccccc1. The average molecular weight is 406 g/mol. The van der Waals surface area contributed by atoms with Crippen molar-refractivity contribution in [2.24, 2.45) is 4.99 Å². The van der Waals surface area contributed by atoms with Gasteiger partial charge in [0.25, 0.3) is 0 Å². The van der Waals surface area contributed by atoms with Crippen molar-refractivity contribution in [2.45, 2.75) is 11.3 Å². The minimum Gasteiger partial charge on any atom is -0.493 e. The van der Waals surface area contributed by atoms with Crippen molar-refractivity contribution in [3.8, 4) is 11.5 Å². The van der Waals surface area contributed by atoms with Crippen LogP contribution in [0.15, 0.2) is 58.4 Å². The van der Waals surface area contributed by atoms with E-state index in [9.17, 15) is 8.42 Å². The standard InChI is InChI=1S/C20H27N3O4S/c1-21-20(23-13-14-28(24,25)17-7-5-4-6-8-17)22-12-11-16-9-10-18(26-2)19(15-16)27-3/h4-10,15H,11-14H2,1-3H3,(H2,21,22,23). The number of nitrogens with zero attached hydrogens (tertiary/aromatic N) is 1. The molecule has 2 aromatic rings. The van der Waals surface area contributed by atoms with Crippen LogP contribution in [0, 0.1) is 0 Å². The van der Waals surface area contributed by atoms with Crippen LogP contribution in [-0.2, 0) is 16.3 Å². The molecule has 0 heterocycles. The van der Waals surface area contributed by atoms with E-state index in [4.69, 9.17) is 9.47 Å². The molecular weight excluding hydrogens is 378 g/mol. The smallest absolute Gasteiger partial charge is 0.191 e. The third kappa shape index (κ3) is 6.16. The van der Waals surface area contributed by atoms with Crippen LogP contribution in [0.25, 0.3) is 0 Å². The first kappa shape index (κ1) is 21.6. The number of aliphatic imine (C=N–C) groups is 1. The number of hydrogen-bond donors (Lipinski definition) is 2. The van der Waals surface area contributed by atoms with Crippen LogP contribution in [0.5, 0.6) is 11.5 Å². The normalized spacial score (nSPS) is 11.8. The Kier molecular flexibility index (Phi) is 8.13. The Bertz CT molecular complexity index is 884. The molecule has 0 atom stereocenters. The summed E-state index contributed by atoms with van der Waals surface area (Å²) in [5.41, 5.74) is 1.09. The highest BCUT2D eigenvalue weighted by Crippen LogP contribution is 2.27. The van der Waals surface area contributed by atoms with Crippen molar-refractivity contribution in [1.82, 2.24) is 10.6 Å². The largest absolute Gasteiger partial charge is 0.493 e. The first-order chi connectivity index (χ1) is 13.5. The average Bonchev–Trinajstić information content (AvgIpc) is 2.73. The van der Waals surface area contributed by atoms with Crippen molar-refractivity contribution in [1.29, 1.82) is 0 Å². The maximum absolute atomic E-state index is 12.3. The molecule has 0 saturated carbocycles. The van der Waals surface area contributed by atoms with E-state index in [1.807, 2.05) is 18.2 Å². The molecule has 0 aliphatic heterocycles. The molecule has 2 aromatic carbocycles. The lowest BCUT2D eigenvalue weighted by molar-refractivity contribution is 0.354. The van der Waals surface area contributed by atoms with E-state index < -0.39 is 9.84 Å². The molecular formula is C20H27N3O4S. The van der Waals surface area contributed by atoms with Crippen LogP contribution in [0.2, 0.25) is 0 Å². The Morgan fingerprint density at radius 3 is 2.29 bits per heavy atom. The fourth-order valence-electron chi connectivity index (χ4n) is 2.63. The fourth-order valence-corrected chi connectivity index (χ4v) is 3.81. The Labute approximate surface area is 166 Å². The second-order valence-electron chi connectivity index (χ2n) is 6.00. The highest BCUT2D eigenvalue weighted by molar-refractivity contribution is 7.91. The van der Waals surface area contributed by atoms with Crippen LogP contribution in [0.1, 0.15) is 5.56 Å². The van der Waals surface area contributed by atoms with Crippen molar-refractivity contribution in [3.05, 3.63) is 54.1 Å². The molecule has 152 valence electrons. The number of hydrogen-bond acceptors (Lipinski definition) is 5. The Morgan fingerprint density at radius 1 is 0.964 bits per heavy atom. The van der Waals surface area contributed by atoms with Gasteiger partial charge in [-0.05, 0) is 36.2 Å². The summed E-state index contributed by atoms with van der Waals surface area (Å²) >= 11 is 0. The molecule has 7 nitrogen and oxygen atoms in total. The summed E-state index contributed by atoms with van der Waals surface area (Å²) in [6, 6.07) is 14.2. The zero-order chi connectivity index (χ0) is 20.4. The molecule has 2 N–H and O–H groups in total. The van der Waals surface area contributed by atoms with Gasteiger partial charge < -0.3 is 20.1 Å². The van der Waals surface area contributed by atoms with Crippen LogP contribution >= 0.6 is 0 Å². The van der Waals surface area contributed by atoms with Gasteiger partial charge in [-0.2, -0.15) is 0 Å². The first-order valence-electron chi connectivity index (χ1n) is 8.93. The third-order valence-electron chi connectivity index (χ3n) is 4.14. The van der Waals surface area contributed by atoms with Gasteiger partial charge in [-0.25, -0.2) is 8.42 Å². The van der Waals surface area contributed by atoms with E-state index in [0.717, 1.165) is 12.0 Å². The van der Waals surface area contributed by atoms with Gasteiger partial charge in [0, 0.05) is 20.1 Å². The van der Waals surface area contributed by atoms with Gasteiger partial charge >= 0.3 is 0 Å². The van der Waals surface area contributed by atoms with E-state index in [-0.39, 0.29) is 12.3 Å². The van der Waals surface area contributed by atoms with E-state index in [0.29, 0.717) is 28.9 Å². The maximum atomic E-state index is 12.3. The van der Waals surface area contributed by atoms with E-state index in [1.54, 1.807) is 51.6 Å². The van der Waals surface area contributed by atoms with Gasteiger partial charge in [0.15, 0.2) is 27.3 Å². The molecule has 0 fully saturated rings. The summed E-state index contributed by atoms with van der Waals surface area (Å²) in [6.45, 7) is 0.911. The molecule has 0 spiro atoms. The monoisotopic (exact) mass is 405 g/mol. The molecule has 0 aliphatic rings. The Hall–Kier alpha value is -2.74. The number of rotatable bonds is 9. The highest BCUT2D eigenvalue weighted by Gasteiger charge is 2.13. The number of sulfone groups is 1. The summed E-state index contributed by atoms with van der Waals surface area (Å²) in [5, 5.41) is 6.22. The lowest BCUT2D eigenvalue weighted by Gasteiger charge is -2.13. The van der Waals surface area contributed by atoms with E-state index in [2.05, 4.69) is 15.6 Å². The molecule has 0 bridgehead atoms. The lowest BCUT2D eigenvalue weighted by Crippen LogP contribution is -2.40. The van der Waals surface area contributed by atoms with Gasteiger partial charge in [0.2, 0.25) is 0 Å².